The summed E-state index contributed by atoms with van der Waals surface area (Å²) in [6.07, 6.45) is 5.79. The molecular weight excluding hydrogens is 198 g/mol. The smallest absolute Gasteiger partial charge is 0.226 e. The van der Waals surface area contributed by atoms with Gasteiger partial charge in [-0.25, -0.2) is 0 Å². The van der Waals surface area contributed by atoms with E-state index in [1.54, 1.807) is 0 Å². The van der Waals surface area contributed by atoms with E-state index in [4.69, 9.17) is 0 Å². The molecule has 0 spiro atoms. The normalized spacial score (nSPS) is 17.0. The highest BCUT2D eigenvalue weighted by Crippen LogP contribution is 2.21. The largest absolute Gasteiger partial charge is 0.312 e. The van der Waals surface area contributed by atoms with Crippen molar-refractivity contribution < 1.29 is 4.79 Å². The zero-order chi connectivity index (χ0) is 11.4. The molecule has 1 aromatic carbocycles. The Morgan fingerprint density at radius 2 is 1.88 bits per heavy atom. The maximum atomic E-state index is 11.9. The summed E-state index contributed by atoms with van der Waals surface area (Å²) in [4.78, 5) is 13.8. The number of rotatable bonds is 2. The molecule has 0 bridgehead atoms. The Morgan fingerprint density at radius 1 is 1.12 bits per heavy atom. The van der Waals surface area contributed by atoms with Crippen molar-refractivity contribution in [1.29, 1.82) is 0 Å². The predicted molar refractivity (Wildman–Crippen MR) is 67.4 cm³/mol. The van der Waals surface area contributed by atoms with Crippen LogP contribution in [-0.2, 0) is 4.79 Å². The average Bonchev–Trinajstić information content (AvgIpc) is 2.54. The highest BCUT2D eigenvalue weighted by atomic mass is 16.2. The van der Waals surface area contributed by atoms with Gasteiger partial charge < -0.3 is 4.90 Å². The fourth-order valence-corrected chi connectivity index (χ4v) is 2.05. The standard InChI is InChI=1S/C14H17NO/c1-2-12-7-9-13(10-8-12)15-11-5-3-4-6-14(15)16/h2,7-10H,1,3-6,11H2. The van der Waals surface area contributed by atoms with Crippen LogP contribution < -0.4 is 4.90 Å². The first kappa shape index (κ1) is 10.9. The molecule has 16 heavy (non-hydrogen) atoms. The molecule has 0 unspecified atom stereocenters. The topological polar surface area (TPSA) is 20.3 Å². The first-order chi connectivity index (χ1) is 7.81. The lowest BCUT2D eigenvalue weighted by Crippen LogP contribution is -2.29. The van der Waals surface area contributed by atoms with Crippen molar-refractivity contribution >= 4 is 17.7 Å². The van der Waals surface area contributed by atoms with E-state index in [1.165, 1.54) is 0 Å². The van der Waals surface area contributed by atoms with Gasteiger partial charge in [0.2, 0.25) is 5.91 Å². The summed E-state index contributed by atoms with van der Waals surface area (Å²) in [7, 11) is 0. The molecule has 1 heterocycles. The van der Waals surface area contributed by atoms with Crippen LogP contribution in [0, 0.1) is 0 Å². The SMILES string of the molecule is C=Cc1ccc(N2CCCCCC2=O)cc1. The lowest BCUT2D eigenvalue weighted by atomic mass is 10.2. The van der Waals surface area contributed by atoms with E-state index >= 15 is 0 Å². The molecule has 1 fully saturated rings. The van der Waals surface area contributed by atoms with Gasteiger partial charge in [-0.3, -0.25) is 4.79 Å². The fourth-order valence-electron chi connectivity index (χ4n) is 2.05. The van der Waals surface area contributed by atoms with E-state index < -0.39 is 0 Å². The number of hydrogen-bond donors (Lipinski definition) is 0. The van der Waals surface area contributed by atoms with Crippen LogP contribution in [0.15, 0.2) is 30.8 Å². The third kappa shape index (κ3) is 2.32. The quantitative estimate of drug-likeness (QED) is 0.741. The van der Waals surface area contributed by atoms with E-state index in [9.17, 15) is 4.79 Å². The lowest BCUT2D eigenvalue weighted by molar-refractivity contribution is -0.118. The second-order valence-corrected chi connectivity index (χ2v) is 4.15. The van der Waals surface area contributed by atoms with E-state index in [0.717, 1.165) is 37.1 Å². The molecule has 84 valence electrons. The molecule has 2 rings (SSSR count). The molecule has 1 aliphatic heterocycles. The summed E-state index contributed by atoms with van der Waals surface area (Å²) in [6.45, 7) is 4.58. The number of hydrogen-bond acceptors (Lipinski definition) is 1. The van der Waals surface area contributed by atoms with Gasteiger partial charge in [-0.2, -0.15) is 0 Å². The second kappa shape index (κ2) is 4.97. The number of amides is 1. The van der Waals surface area contributed by atoms with Crippen LogP contribution in [0.5, 0.6) is 0 Å². The van der Waals surface area contributed by atoms with Gasteiger partial charge in [0, 0.05) is 18.7 Å². The van der Waals surface area contributed by atoms with Gasteiger partial charge >= 0.3 is 0 Å². The van der Waals surface area contributed by atoms with Crippen LogP contribution in [0.4, 0.5) is 5.69 Å². The Bertz CT molecular complexity index is 380. The Kier molecular flexibility index (Phi) is 3.40. The van der Waals surface area contributed by atoms with Gasteiger partial charge in [-0.1, -0.05) is 31.2 Å². The summed E-state index contributed by atoms with van der Waals surface area (Å²) < 4.78 is 0. The highest BCUT2D eigenvalue weighted by molar-refractivity contribution is 5.93. The van der Waals surface area contributed by atoms with Crippen LogP contribution in [0.2, 0.25) is 0 Å². The van der Waals surface area contributed by atoms with Gasteiger partial charge in [-0.05, 0) is 30.5 Å². The Balaban J connectivity index is 2.20. The molecule has 1 aliphatic rings. The molecule has 0 N–H and O–H groups in total. The van der Waals surface area contributed by atoms with Gasteiger partial charge in [-0.15, -0.1) is 0 Å². The first-order valence-electron chi connectivity index (χ1n) is 5.84. The lowest BCUT2D eigenvalue weighted by Gasteiger charge is -2.20. The number of carbonyl (C=O) groups is 1. The average molecular weight is 215 g/mol. The van der Waals surface area contributed by atoms with Crippen LogP contribution in [0.3, 0.4) is 0 Å². The minimum Gasteiger partial charge on any atom is -0.312 e. The monoisotopic (exact) mass is 215 g/mol. The Hall–Kier alpha value is -1.57. The Morgan fingerprint density at radius 3 is 2.56 bits per heavy atom. The van der Waals surface area contributed by atoms with Crippen LogP contribution in [-0.4, -0.2) is 12.5 Å². The van der Waals surface area contributed by atoms with Crippen molar-refractivity contribution in [2.24, 2.45) is 0 Å². The molecule has 2 nitrogen and oxygen atoms in total. The van der Waals surface area contributed by atoms with E-state index in [-0.39, 0.29) is 5.91 Å². The molecule has 2 heteroatoms. The fraction of sp³-hybridized carbons (Fsp3) is 0.357. The minimum absolute atomic E-state index is 0.254. The number of anilines is 1. The molecule has 1 aromatic rings. The molecule has 0 saturated carbocycles. The maximum Gasteiger partial charge on any atom is 0.226 e. The summed E-state index contributed by atoms with van der Waals surface area (Å²) in [6, 6.07) is 8.00. The minimum atomic E-state index is 0.254. The molecule has 1 saturated heterocycles. The van der Waals surface area contributed by atoms with Crippen molar-refractivity contribution in [3.63, 3.8) is 0 Å². The molecular formula is C14H17NO. The van der Waals surface area contributed by atoms with Crippen molar-refractivity contribution in [2.45, 2.75) is 25.7 Å². The molecule has 0 aliphatic carbocycles. The predicted octanol–water partition coefficient (Wildman–Crippen LogP) is 3.24. The van der Waals surface area contributed by atoms with Gasteiger partial charge in [0.05, 0.1) is 0 Å². The van der Waals surface area contributed by atoms with Gasteiger partial charge in [0.25, 0.3) is 0 Å². The number of nitrogens with zero attached hydrogens (tertiary/aromatic N) is 1. The van der Waals surface area contributed by atoms with Crippen molar-refractivity contribution in [1.82, 2.24) is 0 Å². The Labute approximate surface area is 96.6 Å². The molecule has 1 amide bonds. The van der Waals surface area contributed by atoms with E-state index in [0.29, 0.717) is 6.42 Å². The third-order valence-corrected chi connectivity index (χ3v) is 3.01. The van der Waals surface area contributed by atoms with Crippen LogP contribution in [0.25, 0.3) is 6.08 Å². The van der Waals surface area contributed by atoms with Crippen molar-refractivity contribution in [2.75, 3.05) is 11.4 Å². The van der Waals surface area contributed by atoms with E-state index in [2.05, 4.69) is 6.58 Å². The summed E-state index contributed by atoms with van der Waals surface area (Å²) in [5, 5.41) is 0. The maximum absolute atomic E-state index is 11.9. The van der Waals surface area contributed by atoms with E-state index in [1.807, 2.05) is 35.2 Å². The molecule has 0 atom stereocenters. The third-order valence-electron chi connectivity index (χ3n) is 3.01. The highest BCUT2D eigenvalue weighted by Gasteiger charge is 2.17. The number of carbonyl (C=O) groups excluding carboxylic acids is 1. The summed E-state index contributed by atoms with van der Waals surface area (Å²) >= 11 is 0. The zero-order valence-electron chi connectivity index (χ0n) is 9.48. The second-order valence-electron chi connectivity index (χ2n) is 4.15. The van der Waals surface area contributed by atoms with Crippen molar-refractivity contribution in [3.05, 3.63) is 36.4 Å². The zero-order valence-corrected chi connectivity index (χ0v) is 9.48. The van der Waals surface area contributed by atoms with Crippen molar-refractivity contribution in [3.8, 4) is 0 Å². The summed E-state index contributed by atoms with van der Waals surface area (Å²) in [5.41, 5.74) is 2.10. The summed E-state index contributed by atoms with van der Waals surface area (Å²) in [5.74, 6) is 0.254. The number of benzene rings is 1. The van der Waals surface area contributed by atoms with Crippen LogP contribution in [0.1, 0.15) is 31.2 Å². The van der Waals surface area contributed by atoms with Gasteiger partial charge in [0.1, 0.15) is 0 Å². The van der Waals surface area contributed by atoms with Gasteiger partial charge in [0.15, 0.2) is 0 Å². The first-order valence-corrected chi connectivity index (χ1v) is 5.84. The van der Waals surface area contributed by atoms with Crippen LogP contribution >= 0.6 is 0 Å². The molecule has 0 aromatic heterocycles. The molecule has 0 radical (unpaired) electrons.